The van der Waals surface area contributed by atoms with Gasteiger partial charge in [-0.1, -0.05) is 6.07 Å². The summed E-state index contributed by atoms with van der Waals surface area (Å²) in [4.78, 5) is 14.0. The number of ether oxygens (including phenoxy) is 1. The topological polar surface area (TPSA) is 49.8 Å². The Bertz CT molecular complexity index is 375. The zero-order chi connectivity index (χ0) is 13.5. The van der Waals surface area contributed by atoms with Crippen LogP contribution in [0, 0.1) is 0 Å². The minimum atomic E-state index is 0.0661. The van der Waals surface area contributed by atoms with Gasteiger partial charge in [0.2, 0.25) is 5.91 Å². The molecule has 1 N–H and O–H groups in total. The first-order chi connectivity index (χ1) is 9.29. The number of likely N-dealkylation sites (tertiary alicyclic amines) is 1. The molecule has 0 aromatic carbocycles. The highest BCUT2D eigenvalue weighted by Gasteiger charge is 2.22. The zero-order valence-electron chi connectivity index (χ0n) is 10.8. The monoisotopic (exact) mass is 301 g/mol. The van der Waals surface area contributed by atoms with E-state index in [1.165, 1.54) is 4.21 Å². The third-order valence-electron chi connectivity index (χ3n) is 3.07. The molecule has 1 amide bonds. The summed E-state index contributed by atoms with van der Waals surface area (Å²) in [6.07, 6.45) is 1.94. The molecule has 0 spiro atoms. The quantitative estimate of drug-likeness (QED) is 0.815. The smallest absolute Gasteiger partial charge is 0.232 e. The van der Waals surface area contributed by atoms with Crippen molar-refractivity contribution in [2.45, 2.75) is 23.2 Å². The predicted octanol–water partition coefficient (Wildman–Crippen LogP) is 1.84. The van der Waals surface area contributed by atoms with Crippen molar-refractivity contribution in [2.75, 3.05) is 32.1 Å². The average Bonchev–Trinajstić information content (AvgIpc) is 2.96. The summed E-state index contributed by atoms with van der Waals surface area (Å²) in [7, 11) is 0. The zero-order valence-corrected chi connectivity index (χ0v) is 12.4. The predicted molar refractivity (Wildman–Crippen MR) is 77.7 cm³/mol. The molecule has 6 heteroatoms. The molecule has 0 radical (unpaired) electrons. The second kappa shape index (κ2) is 7.89. The Hall–Kier alpha value is -0.560. The van der Waals surface area contributed by atoms with Crippen LogP contribution in [0.15, 0.2) is 21.7 Å². The fraction of sp³-hybridized carbons (Fsp3) is 0.615. The largest absolute Gasteiger partial charge is 0.394 e. The van der Waals surface area contributed by atoms with E-state index in [1.807, 2.05) is 22.4 Å². The lowest BCUT2D eigenvalue weighted by molar-refractivity contribution is -0.131. The number of hydrogen-bond acceptors (Lipinski definition) is 5. The summed E-state index contributed by atoms with van der Waals surface area (Å²) in [5.74, 6) is 0.724. The summed E-state index contributed by atoms with van der Waals surface area (Å²) in [5.41, 5.74) is 0. The van der Waals surface area contributed by atoms with E-state index in [9.17, 15) is 4.79 Å². The average molecular weight is 301 g/mol. The van der Waals surface area contributed by atoms with E-state index in [-0.39, 0.29) is 18.6 Å². The van der Waals surface area contributed by atoms with Crippen molar-refractivity contribution >= 4 is 29.0 Å². The number of thiophene rings is 1. The van der Waals surface area contributed by atoms with E-state index in [4.69, 9.17) is 9.84 Å². The molecule has 19 heavy (non-hydrogen) atoms. The molecule has 106 valence electrons. The van der Waals surface area contributed by atoms with Gasteiger partial charge in [0.25, 0.3) is 0 Å². The molecule has 0 aliphatic carbocycles. The number of aliphatic hydroxyl groups excluding tert-OH is 1. The standard InChI is InChI=1S/C13H19NO3S2/c15-7-8-17-11-3-5-14(6-4-11)12(16)10-19-13-2-1-9-18-13/h1-2,9,11,15H,3-8,10H2. The normalized spacial score (nSPS) is 16.8. The molecule has 1 aromatic heterocycles. The molecule has 1 saturated heterocycles. The minimum Gasteiger partial charge on any atom is -0.394 e. The van der Waals surface area contributed by atoms with E-state index < -0.39 is 0 Å². The number of piperidine rings is 1. The van der Waals surface area contributed by atoms with Crippen LogP contribution in [0.3, 0.4) is 0 Å². The lowest BCUT2D eigenvalue weighted by Crippen LogP contribution is -2.41. The van der Waals surface area contributed by atoms with Gasteiger partial charge in [0, 0.05) is 13.1 Å². The lowest BCUT2D eigenvalue weighted by atomic mass is 10.1. The molecule has 2 heterocycles. The highest BCUT2D eigenvalue weighted by atomic mass is 32.2. The Morgan fingerprint density at radius 3 is 2.95 bits per heavy atom. The molecular weight excluding hydrogens is 282 g/mol. The van der Waals surface area contributed by atoms with Gasteiger partial charge in [-0.05, 0) is 24.3 Å². The number of carbonyl (C=O) groups excluding carboxylic acids is 1. The number of nitrogens with zero attached hydrogens (tertiary/aromatic N) is 1. The Labute approximate surface area is 121 Å². The van der Waals surface area contributed by atoms with Crippen molar-refractivity contribution in [1.29, 1.82) is 0 Å². The first-order valence-electron chi connectivity index (χ1n) is 6.46. The molecule has 0 saturated carbocycles. The maximum atomic E-state index is 12.0. The van der Waals surface area contributed by atoms with Crippen molar-refractivity contribution in [3.63, 3.8) is 0 Å². The molecule has 0 unspecified atom stereocenters. The van der Waals surface area contributed by atoms with E-state index in [1.54, 1.807) is 23.1 Å². The third-order valence-corrected chi connectivity index (χ3v) is 5.19. The summed E-state index contributed by atoms with van der Waals surface area (Å²) >= 11 is 3.28. The van der Waals surface area contributed by atoms with Crippen molar-refractivity contribution in [3.05, 3.63) is 17.5 Å². The van der Waals surface area contributed by atoms with Gasteiger partial charge in [-0.15, -0.1) is 23.1 Å². The first-order valence-corrected chi connectivity index (χ1v) is 8.32. The van der Waals surface area contributed by atoms with Gasteiger partial charge in [0.15, 0.2) is 0 Å². The highest BCUT2D eigenvalue weighted by molar-refractivity contribution is 8.01. The number of amides is 1. The molecule has 4 nitrogen and oxygen atoms in total. The molecule has 0 bridgehead atoms. The van der Waals surface area contributed by atoms with E-state index in [0.717, 1.165) is 25.9 Å². The van der Waals surface area contributed by atoms with Crippen LogP contribution >= 0.6 is 23.1 Å². The van der Waals surface area contributed by atoms with Crippen molar-refractivity contribution < 1.29 is 14.6 Å². The molecule has 1 fully saturated rings. The van der Waals surface area contributed by atoms with Crippen molar-refractivity contribution in [2.24, 2.45) is 0 Å². The van der Waals surface area contributed by atoms with Crippen LogP contribution < -0.4 is 0 Å². The van der Waals surface area contributed by atoms with E-state index in [2.05, 4.69) is 0 Å². The molecule has 2 rings (SSSR count). The van der Waals surface area contributed by atoms with Crippen LogP contribution in [0.2, 0.25) is 0 Å². The Morgan fingerprint density at radius 1 is 1.53 bits per heavy atom. The van der Waals surface area contributed by atoms with Gasteiger partial charge in [-0.2, -0.15) is 0 Å². The molecule has 0 atom stereocenters. The maximum absolute atomic E-state index is 12.0. The highest BCUT2D eigenvalue weighted by Crippen LogP contribution is 2.24. The van der Waals surface area contributed by atoms with Gasteiger partial charge in [0.1, 0.15) is 0 Å². The van der Waals surface area contributed by atoms with E-state index in [0.29, 0.717) is 12.4 Å². The van der Waals surface area contributed by atoms with Crippen LogP contribution in [-0.4, -0.2) is 54.1 Å². The number of carbonyl (C=O) groups is 1. The lowest BCUT2D eigenvalue weighted by Gasteiger charge is -2.31. The van der Waals surface area contributed by atoms with Gasteiger partial charge in [-0.25, -0.2) is 0 Å². The fourth-order valence-corrected chi connectivity index (χ4v) is 3.75. The molecule has 1 aliphatic rings. The molecule has 1 aromatic rings. The van der Waals surface area contributed by atoms with Gasteiger partial charge in [0.05, 0.1) is 29.3 Å². The molecule has 1 aliphatic heterocycles. The van der Waals surface area contributed by atoms with Gasteiger partial charge >= 0.3 is 0 Å². The van der Waals surface area contributed by atoms with Crippen LogP contribution in [0.25, 0.3) is 0 Å². The fourth-order valence-electron chi connectivity index (χ4n) is 2.06. The van der Waals surface area contributed by atoms with Gasteiger partial charge in [-0.3, -0.25) is 4.79 Å². The van der Waals surface area contributed by atoms with Crippen LogP contribution in [0.4, 0.5) is 0 Å². The second-order valence-corrected chi connectivity index (χ2v) is 6.62. The van der Waals surface area contributed by atoms with Crippen LogP contribution in [0.1, 0.15) is 12.8 Å². The first kappa shape index (κ1) is 14.8. The summed E-state index contributed by atoms with van der Waals surface area (Å²) in [6, 6.07) is 4.04. The van der Waals surface area contributed by atoms with Crippen LogP contribution in [0.5, 0.6) is 0 Å². The second-order valence-electron chi connectivity index (χ2n) is 4.40. The van der Waals surface area contributed by atoms with Crippen LogP contribution in [-0.2, 0) is 9.53 Å². The minimum absolute atomic E-state index is 0.0661. The Balaban J connectivity index is 1.67. The molecular formula is C13H19NO3S2. The SMILES string of the molecule is O=C(CSc1cccs1)N1CCC(OCCO)CC1. The Kier molecular flexibility index (Phi) is 6.16. The van der Waals surface area contributed by atoms with Gasteiger partial charge < -0.3 is 14.7 Å². The Morgan fingerprint density at radius 2 is 2.32 bits per heavy atom. The summed E-state index contributed by atoms with van der Waals surface area (Å²) in [6.45, 7) is 1.99. The number of rotatable bonds is 6. The third kappa shape index (κ3) is 4.80. The summed E-state index contributed by atoms with van der Waals surface area (Å²) in [5, 5.41) is 10.7. The maximum Gasteiger partial charge on any atom is 0.232 e. The number of hydrogen-bond donors (Lipinski definition) is 1. The van der Waals surface area contributed by atoms with Crippen molar-refractivity contribution in [1.82, 2.24) is 4.90 Å². The number of aliphatic hydroxyl groups is 1. The number of thioether (sulfide) groups is 1. The van der Waals surface area contributed by atoms with E-state index >= 15 is 0 Å². The van der Waals surface area contributed by atoms with Crippen molar-refractivity contribution in [3.8, 4) is 0 Å². The summed E-state index contributed by atoms with van der Waals surface area (Å²) < 4.78 is 6.68.